The fraction of sp³-hybridized carbons (Fsp3) is 0.188. The Balaban J connectivity index is 1.97. The molecule has 21 heavy (non-hydrogen) atoms. The number of benzene rings is 1. The molecule has 0 radical (unpaired) electrons. The molecule has 0 aliphatic rings. The van der Waals surface area contributed by atoms with Crippen molar-refractivity contribution in [3.63, 3.8) is 0 Å². The summed E-state index contributed by atoms with van der Waals surface area (Å²) in [5, 5.41) is 4.16. The number of fused-ring (bicyclic) bond motifs is 1. The van der Waals surface area contributed by atoms with Crippen molar-refractivity contribution in [1.29, 1.82) is 0 Å². The van der Waals surface area contributed by atoms with Gasteiger partial charge in [-0.15, -0.1) is 11.3 Å². The van der Waals surface area contributed by atoms with Gasteiger partial charge in [-0.05, 0) is 45.1 Å². The quantitative estimate of drug-likeness (QED) is 0.506. The molecule has 0 spiro atoms. The first-order valence-corrected chi connectivity index (χ1v) is 9.35. The molecule has 3 aromatic rings. The molecule has 2 aromatic heterocycles. The highest BCUT2D eigenvalue weighted by Gasteiger charge is 2.11. The molecule has 3 rings (SSSR count). The summed E-state index contributed by atoms with van der Waals surface area (Å²) >= 11 is 8.81. The Morgan fingerprint density at radius 3 is 2.76 bits per heavy atom. The van der Waals surface area contributed by atoms with Gasteiger partial charge < -0.3 is 4.90 Å². The molecule has 2 heterocycles. The summed E-state index contributed by atoms with van der Waals surface area (Å²) in [5.74, 6) is 1.04. The molecule has 0 atom stereocenters. The van der Waals surface area contributed by atoms with Crippen LogP contribution < -0.4 is 4.90 Å². The number of hydrogen-bond donors (Lipinski definition) is 0. The summed E-state index contributed by atoms with van der Waals surface area (Å²) in [4.78, 5) is 7.04. The third-order valence-corrected chi connectivity index (χ3v) is 5.48. The van der Waals surface area contributed by atoms with Crippen LogP contribution in [0, 0.1) is 0 Å². The summed E-state index contributed by atoms with van der Waals surface area (Å²) in [7, 11) is 2.09. The number of aromatic nitrogens is 1. The first-order valence-electron chi connectivity index (χ1n) is 6.56. The number of nitrogens with zero attached hydrogens (tertiary/aromatic N) is 2. The van der Waals surface area contributed by atoms with Crippen LogP contribution in [0.1, 0.15) is 11.1 Å². The number of rotatable bonds is 4. The number of hydrogen-bond acceptors (Lipinski definition) is 3. The predicted molar refractivity (Wildman–Crippen MR) is 98.5 cm³/mol. The van der Waals surface area contributed by atoms with Crippen LogP contribution in [-0.2, 0) is 11.9 Å². The van der Waals surface area contributed by atoms with Crippen LogP contribution in [0.25, 0.3) is 10.9 Å². The average Bonchev–Trinajstić information content (AvgIpc) is 2.90. The third-order valence-electron chi connectivity index (χ3n) is 3.33. The molecule has 5 heteroatoms. The minimum absolute atomic E-state index is 0.803. The molecule has 0 N–H and O–H groups in total. The van der Waals surface area contributed by atoms with Crippen molar-refractivity contribution >= 4 is 59.9 Å². The second-order valence-electron chi connectivity index (χ2n) is 4.91. The Morgan fingerprint density at radius 1 is 1.24 bits per heavy atom. The van der Waals surface area contributed by atoms with Crippen molar-refractivity contribution in [1.82, 2.24) is 4.98 Å². The zero-order valence-electron chi connectivity index (χ0n) is 11.5. The number of anilines is 1. The van der Waals surface area contributed by atoms with Crippen molar-refractivity contribution in [3.8, 4) is 0 Å². The summed E-state index contributed by atoms with van der Waals surface area (Å²) < 4.78 is 1.16. The highest BCUT2D eigenvalue weighted by atomic mass is 79.9. The van der Waals surface area contributed by atoms with Gasteiger partial charge in [0.2, 0.25) is 0 Å². The van der Waals surface area contributed by atoms with Crippen LogP contribution in [0.4, 0.5) is 5.82 Å². The van der Waals surface area contributed by atoms with Crippen molar-refractivity contribution in [2.75, 3.05) is 11.9 Å². The average molecular weight is 426 g/mol. The molecule has 2 nitrogen and oxygen atoms in total. The van der Waals surface area contributed by atoms with E-state index in [0.717, 1.165) is 27.0 Å². The largest absolute Gasteiger partial charge is 0.355 e. The molecule has 0 bridgehead atoms. The molecule has 0 aliphatic heterocycles. The lowest BCUT2D eigenvalue weighted by atomic mass is 10.1. The van der Waals surface area contributed by atoms with E-state index in [-0.39, 0.29) is 0 Å². The Kier molecular flexibility index (Phi) is 4.62. The van der Waals surface area contributed by atoms with Crippen LogP contribution in [0.2, 0.25) is 0 Å². The van der Waals surface area contributed by atoms with Crippen molar-refractivity contribution in [2.24, 2.45) is 0 Å². The van der Waals surface area contributed by atoms with E-state index in [9.17, 15) is 0 Å². The third kappa shape index (κ3) is 3.30. The number of pyridine rings is 1. The van der Waals surface area contributed by atoms with Crippen molar-refractivity contribution in [2.45, 2.75) is 11.9 Å². The summed E-state index contributed by atoms with van der Waals surface area (Å²) in [6.45, 7) is 0.855. The zero-order chi connectivity index (χ0) is 14.8. The van der Waals surface area contributed by atoms with E-state index in [1.165, 1.54) is 16.5 Å². The summed E-state index contributed by atoms with van der Waals surface area (Å²) in [6, 6.07) is 12.6. The molecule has 108 valence electrons. The molecule has 0 aliphatic carbocycles. The summed E-state index contributed by atoms with van der Waals surface area (Å²) in [6.07, 6.45) is 0. The minimum Gasteiger partial charge on any atom is -0.355 e. The van der Waals surface area contributed by atoms with Gasteiger partial charge in [0, 0.05) is 29.9 Å². The fourth-order valence-electron chi connectivity index (χ4n) is 2.36. The standard InChI is InChI=1S/C16H14Br2N2S/c1-20(9-11-6-15(18)21-10-11)16-13(8-17)7-12-4-2-3-5-14(12)19-16/h2-7,10H,8-9H2,1H3. The highest BCUT2D eigenvalue weighted by Crippen LogP contribution is 2.27. The van der Waals surface area contributed by atoms with Crippen molar-refractivity contribution < 1.29 is 0 Å². The molecule has 1 aromatic carbocycles. The number of thiophene rings is 1. The normalized spacial score (nSPS) is 11.0. The second kappa shape index (κ2) is 6.46. The van der Waals surface area contributed by atoms with E-state index in [2.05, 4.69) is 73.5 Å². The van der Waals surface area contributed by atoms with Gasteiger partial charge in [0.05, 0.1) is 9.30 Å². The number of alkyl halides is 1. The second-order valence-corrected chi connectivity index (χ2v) is 7.76. The lowest BCUT2D eigenvalue weighted by Gasteiger charge is -2.21. The van der Waals surface area contributed by atoms with Gasteiger partial charge in [-0.25, -0.2) is 4.98 Å². The van der Waals surface area contributed by atoms with E-state index in [0.29, 0.717) is 0 Å². The predicted octanol–water partition coefficient (Wildman–Crippen LogP) is 5.59. The summed E-state index contributed by atoms with van der Waals surface area (Å²) in [5.41, 5.74) is 3.55. The molecular weight excluding hydrogens is 412 g/mol. The van der Waals surface area contributed by atoms with E-state index >= 15 is 0 Å². The van der Waals surface area contributed by atoms with E-state index in [4.69, 9.17) is 4.98 Å². The van der Waals surface area contributed by atoms with Crippen LogP contribution in [0.5, 0.6) is 0 Å². The monoisotopic (exact) mass is 424 g/mol. The lowest BCUT2D eigenvalue weighted by molar-refractivity contribution is 0.898. The first kappa shape index (κ1) is 15.0. The molecule has 0 amide bonds. The van der Waals surface area contributed by atoms with Crippen LogP contribution in [0.15, 0.2) is 45.6 Å². The van der Waals surface area contributed by atoms with Crippen LogP contribution in [-0.4, -0.2) is 12.0 Å². The SMILES string of the molecule is CN(Cc1csc(Br)c1)c1nc2ccccc2cc1CBr. The molecule has 0 fully saturated rings. The molecule has 0 unspecified atom stereocenters. The maximum Gasteiger partial charge on any atom is 0.133 e. The van der Waals surface area contributed by atoms with Gasteiger partial charge in [-0.2, -0.15) is 0 Å². The smallest absolute Gasteiger partial charge is 0.133 e. The van der Waals surface area contributed by atoms with E-state index < -0.39 is 0 Å². The number of para-hydroxylation sites is 1. The van der Waals surface area contributed by atoms with E-state index in [1.54, 1.807) is 11.3 Å². The first-order chi connectivity index (χ1) is 10.2. The van der Waals surface area contributed by atoms with Gasteiger partial charge in [0.15, 0.2) is 0 Å². The minimum atomic E-state index is 0.803. The van der Waals surface area contributed by atoms with Gasteiger partial charge in [-0.1, -0.05) is 34.1 Å². The van der Waals surface area contributed by atoms with E-state index in [1.807, 2.05) is 12.1 Å². The van der Waals surface area contributed by atoms with Crippen LogP contribution in [0.3, 0.4) is 0 Å². The van der Waals surface area contributed by atoms with Crippen molar-refractivity contribution in [3.05, 3.63) is 56.7 Å². The lowest BCUT2D eigenvalue weighted by Crippen LogP contribution is -2.19. The highest BCUT2D eigenvalue weighted by molar-refractivity contribution is 9.11. The number of halogens is 2. The fourth-order valence-corrected chi connectivity index (χ4v) is 3.97. The Bertz CT molecular complexity index is 770. The Labute approximate surface area is 145 Å². The van der Waals surface area contributed by atoms with Crippen LogP contribution >= 0.6 is 43.2 Å². The zero-order valence-corrected chi connectivity index (χ0v) is 15.5. The molecule has 0 saturated carbocycles. The topological polar surface area (TPSA) is 16.1 Å². The Hall–Kier alpha value is -0.910. The Morgan fingerprint density at radius 2 is 2.05 bits per heavy atom. The van der Waals surface area contributed by atoms with Gasteiger partial charge in [-0.3, -0.25) is 0 Å². The molecule has 0 saturated heterocycles. The van der Waals surface area contributed by atoms with Gasteiger partial charge in [0.1, 0.15) is 5.82 Å². The van der Waals surface area contributed by atoms with Gasteiger partial charge >= 0.3 is 0 Å². The molecular formula is C16H14Br2N2S. The maximum absolute atomic E-state index is 4.84. The maximum atomic E-state index is 4.84. The van der Waals surface area contributed by atoms with Gasteiger partial charge in [0.25, 0.3) is 0 Å².